The van der Waals surface area contributed by atoms with E-state index < -0.39 is 6.04 Å². The van der Waals surface area contributed by atoms with Crippen LogP contribution >= 0.6 is 0 Å². The molecule has 0 aliphatic carbocycles. The Balaban J connectivity index is 2.00. The first-order valence-electron chi connectivity index (χ1n) is 7.36. The molecule has 0 heterocycles. The molecule has 5 heteroatoms. The van der Waals surface area contributed by atoms with Crippen LogP contribution in [0.25, 0.3) is 0 Å². The molecule has 120 valence electrons. The average molecular weight is 314 g/mol. The molecule has 2 aromatic rings. The van der Waals surface area contributed by atoms with Gasteiger partial charge in [0.05, 0.1) is 6.04 Å². The summed E-state index contributed by atoms with van der Waals surface area (Å²) >= 11 is 0. The van der Waals surface area contributed by atoms with Crippen molar-refractivity contribution in [3.8, 4) is 0 Å². The van der Waals surface area contributed by atoms with Crippen LogP contribution in [0.1, 0.15) is 41.4 Å². The zero-order valence-corrected chi connectivity index (χ0v) is 13.1. The Bertz CT molecular complexity index is 698. The van der Waals surface area contributed by atoms with Crippen molar-refractivity contribution in [1.29, 1.82) is 0 Å². The van der Waals surface area contributed by atoms with Crippen LogP contribution in [0.4, 0.5) is 4.39 Å². The topological polar surface area (TPSA) is 58.2 Å². The van der Waals surface area contributed by atoms with Crippen LogP contribution in [-0.4, -0.2) is 11.8 Å². The lowest BCUT2D eigenvalue weighted by Gasteiger charge is -2.15. The fourth-order valence-electron chi connectivity index (χ4n) is 2.18. The van der Waals surface area contributed by atoms with Crippen LogP contribution in [0, 0.1) is 5.82 Å². The van der Waals surface area contributed by atoms with Crippen LogP contribution in [0.2, 0.25) is 0 Å². The molecule has 0 aromatic heterocycles. The minimum absolute atomic E-state index is 0.106. The average Bonchev–Trinajstić information content (AvgIpc) is 2.53. The van der Waals surface area contributed by atoms with Gasteiger partial charge in [0.15, 0.2) is 0 Å². The molecule has 2 N–H and O–H groups in total. The second-order valence-electron chi connectivity index (χ2n) is 5.32. The van der Waals surface area contributed by atoms with Gasteiger partial charge in [0.2, 0.25) is 5.91 Å². The van der Waals surface area contributed by atoms with Crippen molar-refractivity contribution < 1.29 is 14.0 Å². The number of carbonyl (C=O) groups is 2. The summed E-state index contributed by atoms with van der Waals surface area (Å²) in [5.41, 5.74) is 1.83. The predicted octanol–water partition coefficient (Wildman–Crippen LogP) is 2.95. The first kappa shape index (κ1) is 16.7. The lowest BCUT2D eigenvalue weighted by atomic mass is 10.1. The van der Waals surface area contributed by atoms with Crippen molar-refractivity contribution >= 4 is 11.8 Å². The maximum absolute atomic E-state index is 13.7. The van der Waals surface area contributed by atoms with Crippen LogP contribution < -0.4 is 10.6 Å². The Morgan fingerprint density at radius 2 is 1.74 bits per heavy atom. The second kappa shape index (κ2) is 7.54. The third-order valence-electron chi connectivity index (χ3n) is 3.48. The van der Waals surface area contributed by atoms with Gasteiger partial charge in [-0.3, -0.25) is 9.59 Å². The predicted molar refractivity (Wildman–Crippen MR) is 86.2 cm³/mol. The van der Waals surface area contributed by atoms with Crippen molar-refractivity contribution in [3.05, 3.63) is 71.0 Å². The van der Waals surface area contributed by atoms with Crippen LogP contribution in [-0.2, 0) is 11.3 Å². The summed E-state index contributed by atoms with van der Waals surface area (Å²) in [6.07, 6.45) is 0. The Kier molecular flexibility index (Phi) is 5.46. The van der Waals surface area contributed by atoms with Crippen molar-refractivity contribution in [2.24, 2.45) is 0 Å². The molecule has 0 aliphatic rings. The number of hydrogen-bond donors (Lipinski definition) is 2. The van der Waals surface area contributed by atoms with Gasteiger partial charge in [-0.2, -0.15) is 0 Å². The molecular formula is C18H19FN2O2. The van der Waals surface area contributed by atoms with Gasteiger partial charge in [0.25, 0.3) is 5.91 Å². The molecular weight excluding hydrogens is 295 g/mol. The van der Waals surface area contributed by atoms with E-state index in [1.54, 1.807) is 49.4 Å². The van der Waals surface area contributed by atoms with Crippen molar-refractivity contribution in [2.75, 3.05) is 0 Å². The second-order valence-corrected chi connectivity index (χ2v) is 5.32. The molecule has 0 saturated heterocycles. The lowest BCUT2D eigenvalue weighted by Crippen LogP contribution is -2.27. The first-order valence-corrected chi connectivity index (χ1v) is 7.36. The lowest BCUT2D eigenvalue weighted by molar-refractivity contribution is -0.119. The Morgan fingerprint density at radius 1 is 1.09 bits per heavy atom. The van der Waals surface area contributed by atoms with Gasteiger partial charge in [-0.1, -0.05) is 30.3 Å². The third-order valence-corrected chi connectivity index (χ3v) is 3.48. The first-order chi connectivity index (χ1) is 11.0. The van der Waals surface area contributed by atoms with Crippen LogP contribution in [0.5, 0.6) is 0 Å². The van der Waals surface area contributed by atoms with E-state index in [1.165, 1.54) is 13.0 Å². The highest BCUT2D eigenvalue weighted by atomic mass is 19.1. The Labute approximate surface area is 134 Å². The van der Waals surface area contributed by atoms with E-state index in [2.05, 4.69) is 10.6 Å². The number of rotatable bonds is 5. The smallest absolute Gasteiger partial charge is 0.251 e. The molecule has 0 radical (unpaired) electrons. The molecule has 0 saturated carbocycles. The summed E-state index contributed by atoms with van der Waals surface area (Å²) < 4.78 is 13.7. The van der Waals surface area contributed by atoms with E-state index in [-0.39, 0.29) is 17.6 Å². The van der Waals surface area contributed by atoms with Gasteiger partial charge in [-0.15, -0.1) is 0 Å². The van der Waals surface area contributed by atoms with E-state index in [0.29, 0.717) is 17.7 Å². The van der Waals surface area contributed by atoms with Gasteiger partial charge in [0.1, 0.15) is 5.82 Å². The largest absolute Gasteiger partial charge is 0.352 e. The molecule has 2 aromatic carbocycles. The number of carbonyl (C=O) groups excluding carboxylic acids is 2. The SMILES string of the molecule is CC(=O)NCc1ccc(C(=O)N[C@H](C)c2ccccc2F)cc1. The number of benzene rings is 2. The van der Waals surface area contributed by atoms with E-state index in [0.717, 1.165) is 5.56 Å². The van der Waals surface area contributed by atoms with Gasteiger partial charge in [-0.05, 0) is 30.7 Å². The van der Waals surface area contributed by atoms with Gasteiger partial charge in [0, 0.05) is 24.6 Å². The van der Waals surface area contributed by atoms with E-state index in [9.17, 15) is 14.0 Å². The van der Waals surface area contributed by atoms with Crippen molar-refractivity contribution in [3.63, 3.8) is 0 Å². The van der Waals surface area contributed by atoms with Crippen molar-refractivity contribution in [2.45, 2.75) is 26.4 Å². The number of nitrogens with one attached hydrogen (secondary N) is 2. The summed E-state index contributed by atoms with van der Waals surface area (Å²) in [5.74, 6) is -0.719. The molecule has 0 spiro atoms. The minimum Gasteiger partial charge on any atom is -0.352 e. The number of halogens is 1. The standard InChI is InChI=1S/C18H19FN2O2/c1-12(16-5-3-4-6-17(16)19)21-18(23)15-9-7-14(8-10-15)11-20-13(2)22/h3-10,12H,11H2,1-2H3,(H,20,22)(H,21,23)/t12-/m1/s1. The Hall–Kier alpha value is -2.69. The van der Waals surface area contributed by atoms with Crippen molar-refractivity contribution in [1.82, 2.24) is 10.6 Å². The normalized spacial score (nSPS) is 11.6. The maximum atomic E-state index is 13.7. The molecule has 0 unspecified atom stereocenters. The van der Waals surface area contributed by atoms with E-state index in [1.807, 2.05) is 0 Å². The summed E-state index contributed by atoms with van der Waals surface area (Å²) in [6.45, 7) is 3.61. The van der Waals surface area contributed by atoms with Crippen LogP contribution in [0.3, 0.4) is 0 Å². The number of amides is 2. The molecule has 2 amide bonds. The molecule has 23 heavy (non-hydrogen) atoms. The maximum Gasteiger partial charge on any atom is 0.251 e. The fourth-order valence-corrected chi connectivity index (χ4v) is 2.18. The highest BCUT2D eigenvalue weighted by Crippen LogP contribution is 2.16. The van der Waals surface area contributed by atoms with E-state index >= 15 is 0 Å². The molecule has 0 fully saturated rings. The Morgan fingerprint density at radius 3 is 2.35 bits per heavy atom. The monoisotopic (exact) mass is 314 g/mol. The van der Waals surface area contributed by atoms with Gasteiger partial charge >= 0.3 is 0 Å². The highest BCUT2D eigenvalue weighted by molar-refractivity contribution is 5.94. The number of hydrogen-bond acceptors (Lipinski definition) is 2. The summed E-state index contributed by atoms with van der Waals surface area (Å²) in [6, 6.07) is 12.9. The molecule has 2 rings (SSSR count). The summed E-state index contributed by atoms with van der Waals surface area (Å²) in [5, 5.41) is 5.46. The summed E-state index contributed by atoms with van der Waals surface area (Å²) in [4.78, 5) is 23.1. The summed E-state index contributed by atoms with van der Waals surface area (Å²) in [7, 11) is 0. The zero-order valence-electron chi connectivity index (χ0n) is 13.1. The van der Waals surface area contributed by atoms with E-state index in [4.69, 9.17) is 0 Å². The third kappa shape index (κ3) is 4.64. The minimum atomic E-state index is -0.428. The van der Waals surface area contributed by atoms with Gasteiger partial charge in [-0.25, -0.2) is 4.39 Å². The molecule has 4 nitrogen and oxygen atoms in total. The zero-order chi connectivity index (χ0) is 16.8. The molecule has 0 aliphatic heterocycles. The van der Waals surface area contributed by atoms with Crippen LogP contribution in [0.15, 0.2) is 48.5 Å². The van der Waals surface area contributed by atoms with Gasteiger partial charge < -0.3 is 10.6 Å². The quantitative estimate of drug-likeness (QED) is 0.891. The molecule has 1 atom stereocenters. The highest BCUT2D eigenvalue weighted by Gasteiger charge is 2.14. The molecule has 0 bridgehead atoms. The fraction of sp³-hybridized carbons (Fsp3) is 0.222.